The smallest absolute Gasteiger partial charge is 0.286 e. The van der Waals surface area contributed by atoms with Crippen LogP contribution in [0.2, 0.25) is 0 Å². The zero-order valence-corrected chi connectivity index (χ0v) is 22.8. The van der Waals surface area contributed by atoms with Gasteiger partial charge in [0, 0.05) is 47.6 Å². The van der Waals surface area contributed by atoms with Crippen LogP contribution >= 0.6 is 9.24 Å². The summed E-state index contributed by atoms with van der Waals surface area (Å²) in [5.74, 6) is -0.810. The zero-order chi connectivity index (χ0) is 28.6. The molecule has 206 valence electrons. The third kappa shape index (κ3) is 5.19. The predicted molar refractivity (Wildman–Crippen MR) is 148 cm³/mol. The molecular weight excluding hydrogens is 542 g/mol. The molecule has 1 unspecified atom stereocenters. The number of carbonyl (C=O) groups is 2. The molecule has 1 N–H and O–H groups in total. The van der Waals surface area contributed by atoms with E-state index in [-0.39, 0.29) is 17.2 Å². The van der Waals surface area contributed by atoms with Gasteiger partial charge in [-0.2, -0.15) is 8.78 Å². The van der Waals surface area contributed by atoms with E-state index in [0.29, 0.717) is 47.7 Å². The van der Waals surface area contributed by atoms with E-state index in [0.717, 1.165) is 23.1 Å². The highest BCUT2D eigenvalue weighted by Crippen LogP contribution is 2.38. The first-order valence-corrected chi connectivity index (χ1v) is 12.9. The molecule has 2 heterocycles. The Labute approximate surface area is 230 Å². The summed E-state index contributed by atoms with van der Waals surface area (Å²) in [4.78, 5) is 32.7. The number of hydrogen-bond acceptors (Lipinski definition) is 5. The van der Waals surface area contributed by atoms with E-state index >= 15 is 0 Å². The van der Waals surface area contributed by atoms with Gasteiger partial charge < -0.3 is 19.7 Å². The van der Waals surface area contributed by atoms with E-state index in [1.54, 1.807) is 49.6 Å². The summed E-state index contributed by atoms with van der Waals surface area (Å²) in [6.45, 7) is 0.665. The van der Waals surface area contributed by atoms with Gasteiger partial charge in [0.1, 0.15) is 5.82 Å². The van der Waals surface area contributed by atoms with Crippen LogP contribution in [0.5, 0.6) is 11.5 Å². The normalized spacial score (nSPS) is 13.2. The Balaban J connectivity index is 1.40. The zero-order valence-electron chi connectivity index (χ0n) is 21.6. The molecule has 0 saturated heterocycles. The van der Waals surface area contributed by atoms with Crippen LogP contribution in [0.4, 0.5) is 18.9 Å². The number of fused-ring (bicyclic) bond motifs is 2. The largest absolute Gasteiger partial charge is 0.493 e. The van der Waals surface area contributed by atoms with Gasteiger partial charge in [-0.05, 0) is 60.0 Å². The lowest BCUT2D eigenvalue weighted by atomic mass is 9.93. The summed E-state index contributed by atoms with van der Waals surface area (Å²) >= 11 is 0. The molecule has 1 aromatic heterocycles. The molecule has 0 fully saturated rings. The number of benzene rings is 3. The average molecular weight is 568 g/mol. The fourth-order valence-corrected chi connectivity index (χ4v) is 5.09. The Morgan fingerprint density at radius 1 is 1.10 bits per heavy atom. The number of rotatable bonds is 7. The minimum atomic E-state index is -3.50. The van der Waals surface area contributed by atoms with Crippen LogP contribution in [0, 0.1) is 5.82 Å². The van der Waals surface area contributed by atoms with Gasteiger partial charge in [0.25, 0.3) is 17.5 Å². The molecule has 1 aliphatic rings. The van der Waals surface area contributed by atoms with Gasteiger partial charge in [0.2, 0.25) is 0 Å². The number of nitrogens with one attached hydrogen (secondary N) is 1. The lowest BCUT2D eigenvalue weighted by Gasteiger charge is -2.30. The maximum absolute atomic E-state index is 13.9. The van der Waals surface area contributed by atoms with Crippen molar-refractivity contribution in [2.75, 3.05) is 26.1 Å². The second-order valence-corrected chi connectivity index (χ2v) is 10.00. The molecular formula is C29H25F3N3O4P. The van der Waals surface area contributed by atoms with E-state index in [1.807, 2.05) is 12.1 Å². The first kappa shape index (κ1) is 27.4. The van der Waals surface area contributed by atoms with Gasteiger partial charge in [-0.15, -0.1) is 0 Å². The lowest BCUT2D eigenvalue weighted by Crippen LogP contribution is -2.38. The quantitative estimate of drug-likeness (QED) is 0.287. The van der Waals surface area contributed by atoms with Gasteiger partial charge in [0.05, 0.1) is 25.3 Å². The Hall–Kier alpha value is -4.17. The van der Waals surface area contributed by atoms with Crippen molar-refractivity contribution < 1.29 is 32.2 Å². The topological polar surface area (TPSA) is 80.8 Å². The van der Waals surface area contributed by atoms with E-state index in [1.165, 1.54) is 15.3 Å². The fourth-order valence-electron chi connectivity index (χ4n) is 4.87. The third-order valence-electron chi connectivity index (χ3n) is 6.85. The molecule has 0 spiro atoms. The molecule has 3 aromatic carbocycles. The maximum Gasteiger partial charge on any atom is 0.286 e. The Morgan fingerprint density at radius 3 is 2.58 bits per heavy atom. The Morgan fingerprint density at radius 2 is 1.85 bits per heavy atom. The Kier molecular flexibility index (Phi) is 7.38. The molecule has 2 amide bonds. The van der Waals surface area contributed by atoms with Crippen LogP contribution in [0.1, 0.15) is 37.4 Å². The number of amides is 2. The van der Waals surface area contributed by atoms with Crippen molar-refractivity contribution in [2.24, 2.45) is 0 Å². The van der Waals surface area contributed by atoms with E-state index in [4.69, 9.17) is 9.47 Å². The number of nitrogens with zero attached hydrogens (tertiary/aromatic N) is 2. The highest BCUT2D eigenvalue weighted by Gasteiger charge is 2.30. The number of methoxy groups -OCH3 is 2. The summed E-state index contributed by atoms with van der Waals surface area (Å²) in [5, 5.41) is 3.37. The third-order valence-corrected chi connectivity index (χ3v) is 7.16. The number of pyridine rings is 1. The summed E-state index contributed by atoms with van der Waals surface area (Å²) < 4.78 is 52.1. The number of aromatic nitrogens is 1. The number of ether oxygens (including phenoxy) is 2. The number of carbonyl (C=O) groups excluding carboxylic acids is 2. The Bertz CT molecular complexity index is 1640. The number of anilines is 1. The van der Waals surface area contributed by atoms with Gasteiger partial charge in [-0.1, -0.05) is 15.3 Å². The van der Waals surface area contributed by atoms with Crippen molar-refractivity contribution in [3.8, 4) is 11.5 Å². The van der Waals surface area contributed by atoms with Crippen molar-refractivity contribution in [1.29, 1.82) is 0 Å². The second kappa shape index (κ2) is 10.8. The van der Waals surface area contributed by atoms with Gasteiger partial charge >= 0.3 is 0 Å². The number of halogens is 3. The SMILES string of the molecule is COc1cc2nccc(CN3CCc4c(C(=O)Nc5ccc(F)c(C(F)(F)P)c5)cccc4C3=O)c2cc1OC. The molecule has 1 aliphatic heterocycles. The van der Waals surface area contributed by atoms with Crippen molar-refractivity contribution in [2.45, 2.75) is 18.6 Å². The van der Waals surface area contributed by atoms with Crippen molar-refractivity contribution in [3.05, 3.63) is 94.4 Å². The van der Waals surface area contributed by atoms with Crippen molar-refractivity contribution in [3.63, 3.8) is 0 Å². The van der Waals surface area contributed by atoms with E-state index in [9.17, 15) is 22.8 Å². The first-order valence-electron chi connectivity index (χ1n) is 12.3. The molecule has 0 bridgehead atoms. The minimum absolute atomic E-state index is 0.0153. The molecule has 4 aromatic rings. The number of alkyl halides is 2. The van der Waals surface area contributed by atoms with Crippen LogP contribution in [0.3, 0.4) is 0 Å². The summed E-state index contributed by atoms with van der Waals surface area (Å²) in [7, 11) is 4.38. The second-order valence-electron chi connectivity index (χ2n) is 9.27. The number of hydrogen-bond donors (Lipinski definition) is 1. The first-order chi connectivity index (χ1) is 19.1. The molecule has 40 heavy (non-hydrogen) atoms. The molecule has 5 rings (SSSR count). The van der Waals surface area contributed by atoms with Crippen molar-refractivity contribution in [1.82, 2.24) is 9.88 Å². The maximum atomic E-state index is 13.9. The summed E-state index contributed by atoms with van der Waals surface area (Å²) in [6, 6.07) is 13.3. The standard InChI is InChI=1S/C29H25F3N3O4P/c1-38-25-13-21-16(8-10-33-24(21)14-26(25)39-2)15-35-11-9-18-19(4-3-5-20(18)28(35)37)27(36)34-17-6-7-23(30)22(12-17)29(31,32)40/h3-8,10,12-14H,9,11,15,40H2,1-2H3,(H,34,36). The molecule has 1 atom stereocenters. The van der Waals surface area contributed by atoms with E-state index in [2.05, 4.69) is 10.3 Å². The van der Waals surface area contributed by atoms with Gasteiger partial charge in [-0.3, -0.25) is 14.6 Å². The van der Waals surface area contributed by atoms with Crippen LogP contribution in [-0.2, 0) is 18.6 Å². The highest BCUT2D eigenvalue weighted by atomic mass is 31.0. The summed E-state index contributed by atoms with van der Waals surface area (Å²) in [5.41, 5.74) is -1.57. The minimum Gasteiger partial charge on any atom is -0.493 e. The molecule has 11 heteroatoms. The van der Waals surface area contributed by atoms with Crippen LogP contribution < -0.4 is 14.8 Å². The molecule has 0 saturated carbocycles. The highest BCUT2D eigenvalue weighted by molar-refractivity contribution is 7.17. The van der Waals surface area contributed by atoms with Crippen LogP contribution in [0.25, 0.3) is 10.9 Å². The fraction of sp³-hybridized carbons (Fsp3) is 0.207. The summed E-state index contributed by atoms with van der Waals surface area (Å²) in [6.07, 6.45) is 2.07. The van der Waals surface area contributed by atoms with Crippen LogP contribution in [-0.4, -0.2) is 42.5 Å². The lowest BCUT2D eigenvalue weighted by molar-refractivity contribution is 0.0727. The average Bonchev–Trinajstić information content (AvgIpc) is 2.94. The molecule has 0 aliphatic carbocycles. The van der Waals surface area contributed by atoms with Gasteiger partial charge in [-0.25, -0.2) is 4.39 Å². The van der Waals surface area contributed by atoms with Crippen LogP contribution in [0.15, 0.2) is 60.8 Å². The monoisotopic (exact) mass is 567 g/mol. The molecule has 7 nitrogen and oxygen atoms in total. The predicted octanol–water partition coefficient (Wildman–Crippen LogP) is 5.77. The van der Waals surface area contributed by atoms with Gasteiger partial charge in [0.15, 0.2) is 11.5 Å². The van der Waals surface area contributed by atoms with E-state index < -0.39 is 23.0 Å². The molecule has 0 radical (unpaired) electrons. The van der Waals surface area contributed by atoms with Crippen molar-refractivity contribution >= 4 is 37.6 Å².